The number of ether oxygens (including phenoxy) is 3. The average molecular weight is 405 g/mol. The van der Waals surface area contributed by atoms with E-state index in [0.717, 1.165) is 5.56 Å². The van der Waals surface area contributed by atoms with Crippen molar-refractivity contribution in [1.82, 2.24) is 10.6 Å². The lowest BCUT2D eigenvalue weighted by Gasteiger charge is -2.16. The van der Waals surface area contributed by atoms with Crippen LogP contribution < -0.4 is 24.8 Å². The van der Waals surface area contributed by atoms with E-state index in [2.05, 4.69) is 15.6 Å². The lowest BCUT2D eigenvalue weighted by molar-refractivity contribution is 0.110. The fraction of sp³-hybridized carbons (Fsp3) is 0.381. The first-order valence-electron chi connectivity index (χ1n) is 9.35. The fourth-order valence-corrected chi connectivity index (χ4v) is 2.49. The number of benzene rings is 2. The quantitative estimate of drug-likeness (QED) is 0.416. The Morgan fingerprint density at radius 2 is 1.79 bits per heavy atom. The van der Waals surface area contributed by atoms with Gasteiger partial charge in [-0.15, -0.1) is 0 Å². The van der Waals surface area contributed by atoms with Crippen molar-refractivity contribution in [2.75, 3.05) is 33.9 Å². The van der Waals surface area contributed by atoms with E-state index in [1.165, 1.54) is 24.3 Å². The van der Waals surface area contributed by atoms with Crippen molar-refractivity contribution in [3.8, 4) is 17.2 Å². The number of nitrogens with zero attached hydrogens (tertiary/aromatic N) is 1. The Bertz CT molecular complexity index is 784. The molecule has 1 unspecified atom stereocenters. The Morgan fingerprint density at radius 1 is 1.07 bits per heavy atom. The van der Waals surface area contributed by atoms with Gasteiger partial charge in [0.1, 0.15) is 24.3 Å². The van der Waals surface area contributed by atoms with Crippen LogP contribution in [-0.4, -0.2) is 51.1 Å². The maximum atomic E-state index is 12.9. The van der Waals surface area contributed by atoms with Gasteiger partial charge in [-0.05, 0) is 48.9 Å². The minimum absolute atomic E-state index is 0.0771. The topological polar surface area (TPSA) is 84.3 Å². The first kappa shape index (κ1) is 22.3. The molecular formula is C21H28FN3O4. The van der Waals surface area contributed by atoms with Crippen LogP contribution in [0.1, 0.15) is 12.5 Å². The van der Waals surface area contributed by atoms with E-state index in [1.807, 2.05) is 25.1 Å². The van der Waals surface area contributed by atoms with E-state index in [0.29, 0.717) is 36.3 Å². The lowest BCUT2D eigenvalue weighted by Crippen LogP contribution is -2.42. The molecule has 0 saturated heterocycles. The van der Waals surface area contributed by atoms with Gasteiger partial charge in [0.25, 0.3) is 0 Å². The highest BCUT2D eigenvalue weighted by molar-refractivity contribution is 5.79. The Labute approximate surface area is 170 Å². The molecule has 1 atom stereocenters. The van der Waals surface area contributed by atoms with Crippen molar-refractivity contribution in [3.05, 3.63) is 53.8 Å². The number of hydrogen-bond acceptors (Lipinski definition) is 5. The molecule has 2 rings (SSSR count). The van der Waals surface area contributed by atoms with Crippen molar-refractivity contribution >= 4 is 5.96 Å². The third-order valence-corrected chi connectivity index (χ3v) is 3.97. The van der Waals surface area contributed by atoms with Gasteiger partial charge in [-0.25, -0.2) is 9.38 Å². The van der Waals surface area contributed by atoms with E-state index in [1.54, 1.807) is 14.2 Å². The van der Waals surface area contributed by atoms with Crippen LogP contribution in [0.2, 0.25) is 0 Å². The van der Waals surface area contributed by atoms with E-state index in [-0.39, 0.29) is 19.0 Å². The van der Waals surface area contributed by atoms with Gasteiger partial charge in [0.15, 0.2) is 17.5 Å². The normalized spacial score (nSPS) is 12.2. The summed E-state index contributed by atoms with van der Waals surface area (Å²) in [4.78, 5) is 4.52. The number of guanidine groups is 1. The molecule has 0 fully saturated rings. The molecule has 0 saturated carbocycles. The molecule has 158 valence electrons. The number of methoxy groups -OCH3 is 2. The molecule has 29 heavy (non-hydrogen) atoms. The number of halogens is 1. The second kappa shape index (κ2) is 11.8. The highest BCUT2D eigenvalue weighted by atomic mass is 19.1. The van der Waals surface area contributed by atoms with E-state index in [9.17, 15) is 9.50 Å². The highest BCUT2D eigenvalue weighted by Crippen LogP contribution is 2.27. The summed E-state index contributed by atoms with van der Waals surface area (Å²) in [5, 5.41) is 16.3. The van der Waals surface area contributed by atoms with Crippen LogP contribution in [0.15, 0.2) is 47.5 Å². The average Bonchev–Trinajstić information content (AvgIpc) is 2.75. The minimum Gasteiger partial charge on any atom is -0.493 e. The Hall–Kier alpha value is -3.00. The van der Waals surface area contributed by atoms with Gasteiger partial charge in [-0.3, -0.25) is 0 Å². The van der Waals surface area contributed by atoms with Crippen LogP contribution in [0, 0.1) is 5.82 Å². The maximum Gasteiger partial charge on any atom is 0.191 e. The molecule has 0 aliphatic carbocycles. The third kappa shape index (κ3) is 7.50. The zero-order chi connectivity index (χ0) is 21.1. The van der Waals surface area contributed by atoms with Crippen LogP contribution in [0.5, 0.6) is 17.2 Å². The van der Waals surface area contributed by atoms with Gasteiger partial charge < -0.3 is 30.0 Å². The zero-order valence-corrected chi connectivity index (χ0v) is 16.9. The summed E-state index contributed by atoms with van der Waals surface area (Å²) in [6.45, 7) is 3.40. The summed E-state index contributed by atoms with van der Waals surface area (Å²) in [6.07, 6.45) is -0.759. The first-order chi connectivity index (χ1) is 14.0. The molecule has 0 spiro atoms. The van der Waals surface area contributed by atoms with Crippen molar-refractivity contribution < 1.29 is 23.7 Å². The SMILES string of the molecule is CCNC(=NCc1ccc(OC)c(OC)c1)NCC(O)COc1ccc(F)cc1. The minimum atomic E-state index is -0.759. The fourth-order valence-electron chi connectivity index (χ4n) is 2.49. The summed E-state index contributed by atoms with van der Waals surface area (Å²) in [5.41, 5.74) is 0.958. The van der Waals surface area contributed by atoms with Crippen molar-refractivity contribution in [2.24, 2.45) is 4.99 Å². The molecule has 0 aliphatic heterocycles. The Balaban J connectivity index is 1.87. The van der Waals surface area contributed by atoms with Gasteiger partial charge in [0.05, 0.1) is 20.8 Å². The van der Waals surface area contributed by atoms with Crippen LogP contribution in [0.25, 0.3) is 0 Å². The standard InChI is InChI=1S/C21H28FN3O4/c1-4-23-21(24-12-15-5-10-19(27-2)20(11-15)28-3)25-13-17(26)14-29-18-8-6-16(22)7-9-18/h5-11,17,26H,4,12-14H2,1-3H3,(H2,23,24,25). The van der Waals surface area contributed by atoms with Crippen LogP contribution in [0.4, 0.5) is 4.39 Å². The summed E-state index contributed by atoms with van der Waals surface area (Å²) >= 11 is 0. The number of hydrogen-bond donors (Lipinski definition) is 3. The summed E-state index contributed by atoms with van der Waals surface area (Å²) in [6, 6.07) is 11.3. The maximum absolute atomic E-state index is 12.9. The number of aliphatic hydroxyl groups excluding tert-OH is 1. The van der Waals surface area contributed by atoms with Gasteiger partial charge in [-0.2, -0.15) is 0 Å². The molecule has 0 bridgehead atoms. The van der Waals surface area contributed by atoms with Crippen LogP contribution in [-0.2, 0) is 6.54 Å². The molecule has 2 aromatic carbocycles. The van der Waals surface area contributed by atoms with Crippen LogP contribution >= 0.6 is 0 Å². The van der Waals surface area contributed by atoms with E-state index in [4.69, 9.17) is 14.2 Å². The van der Waals surface area contributed by atoms with Gasteiger partial charge in [-0.1, -0.05) is 6.07 Å². The van der Waals surface area contributed by atoms with E-state index < -0.39 is 6.10 Å². The summed E-state index contributed by atoms with van der Waals surface area (Å²) in [7, 11) is 3.18. The third-order valence-electron chi connectivity index (χ3n) is 3.97. The zero-order valence-electron chi connectivity index (χ0n) is 16.9. The molecule has 7 nitrogen and oxygen atoms in total. The molecule has 0 radical (unpaired) electrons. The van der Waals surface area contributed by atoms with Gasteiger partial charge >= 0.3 is 0 Å². The molecule has 0 aliphatic rings. The number of rotatable bonds is 10. The van der Waals surface area contributed by atoms with Gasteiger partial charge in [0, 0.05) is 13.1 Å². The van der Waals surface area contributed by atoms with Crippen LogP contribution in [0.3, 0.4) is 0 Å². The van der Waals surface area contributed by atoms with Gasteiger partial charge in [0.2, 0.25) is 0 Å². The smallest absolute Gasteiger partial charge is 0.191 e. The lowest BCUT2D eigenvalue weighted by atomic mass is 10.2. The predicted octanol–water partition coefficient (Wildman–Crippen LogP) is 2.34. The Morgan fingerprint density at radius 3 is 2.45 bits per heavy atom. The molecule has 0 aromatic heterocycles. The summed E-state index contributed by atoms with van der Waals surface area (Å²) in [5.74, 6) is 2.05. The molecular weight excluding hydrogens is 377 g/mol. The first-order valence-corrected chi connectivity index (χ1v) is 9.35. The van der Waals surface area contributed by atoms with Crippen molar-refractivity contribution in [3.63, 3.8) is 0 Å². The molecule has 2 aromatic rings. The molecule has 8 heteroatoms. The second-order valence-corrected chi connectivity index (χ2v) is 6.18. The molecule has 0 heterocycles. The Kier molecular flexibility index (Phi) is 9.04. The summed E-state index contributed by atoms with van der Waals surface area (Å²) < 4.78 is 28.9. The number of aliphatic imine (C=N–C) groups is 1. The van der Waals surface area contributed by atoms with E-state index >= 15 is 0 Å². The predicted molar refractivity (Wildman–Crippen MR) is 110 cm³/mol. The van der Waals surface area contributed by atoms with Crippen molar-refractivity contribution in [2.45, 2.75) is 19.6 Å². The highest BCUT2D eigenvalue weighted by Gasteiger charge is 2.08. The second-order valence-electron chi connectivity index (χ2n) is 6.18. The molecule has 0 amide bonds. The van der Waals surface area contributed by atoms with Crippen molar-refractivity contribution in [1.29, 1.82) is 0 Å². The largest absolute Gasteiger partial charge is 0.493 e. The molecule has 3 N–H and O–H groups in total. The monoisotopic (exact) mass is 405 g/mol. The number of nitrogens with one attached hydrogen (secondary N) is 2. The number of aliphatic hydroxyl groups is 1.